The topological polar surface area (TPSA) is 38.7 Å². The lowest BCUT2D eigenvalue weighted by Gasteiger charge is -2.16. The largest absolute Gasteiger partial charge is 0.394 e. The minimum absolute atomic E-state index is 0.0530. The Morgan fingerprint density at radius 2 is 1.92 bits per heavy atom. The summed E-state index contributed by atoms with van der Waals surface area (Å²) >= 11 is 0. The molecule has 4 heteroatoms. The van der Waals surface area contributed by atoms with Crippen LogP contribution in [0.25, 0.3) is 0 Å². The third kappa shape index (κ3) is 10.0. The van der Waals surface area contributed by atoms with E-state index in [0.717, 1.165) is 12.7 Å². The third-order valence-corrected chi connectivity index (χ3v) is 3.39. The fraction of sp³-hybridized carbons (Fsp3) is 1.00. The highest BCUT2D eigenvalue weighted by Gasteiger charge is 2.11. The third-order valence-electron chi connectivity index (χ3n) is 1.69. The van der Waals surface area contributed by atoms with Crippen LogP contribution in [0.2, 0.25) is 25.7 Å². The van der Waals surface area contributed by atoms with Gasteiger partial charge in [-0.1, -0.05) is 19.6 Å². The van der Waals surface area contributed by atoms with Crippen molar-refractivity contribution in [2.24, 2.45) is 0 Å². The molecule has 0 aliphatic carbocycles. The molecule has 1 N–H and O–H groups in total. The highest BCUT2D eigenvalue weighted by Crippen LogP contribution is 2.07. The van der Waals surface area contributed by atoms with Crippen LogP contribution in [0.5, 0.6) is 0 Å². The molecule has 0 spiro atoms. The zero-order valence-corrected chi connectivity index (χ0v) is 10.2. The predicted molar refractivity (Wildman–Crippen MR) is 56.6 cm³/mol. The van der Waals surface area contributed by atoms with Crippen molar-refractivity contribution in [3.63, 3.8) is 0 Å². The van der Waals surface area contributed by atoms with Gasteiger partial charge >= 0.3 is 0 Å². The Bertz CT molecular complexity index is 123. The molecule has 0 aliphatic heterocycles. The maximum atomic E-state index is 8.65. The van der Waals surface area contributed by atoms with Crippen LogP contribution in [-0.2, 0) is 9.47 Å². The second kappa shape index (κ2) is 6.54. The van der Waals surface area contributed by atoms with E-state index in [1.807, 2.05) is 6.92 Å². The molecule has 0 saturated heterocycles. The second-order valence-corrected chi connectivity index (χ2v) is 10.1. The van der Waals surface area contributed by atoms with E-state index in [2.05, 4.69) is 19.6 Å². The second-order valence-electron chi connectivity index (χ2n) is 4.50. The Labute approximate surface area is 82.1 Å². The van der Waals surface area contributed by atoms with Gasteiger partial charge in [-0.05, 0) is 13.0 Å². The van der Waals surface area contributed by atoms with Crippen molar-refractivity contribution < 1.29 is 14.6 Å². The first-order valence-corrected chi connectivity index (χ1v) is 8.46. The molecule has 0 aromatic carbocycles. The molecule has 0 heterocycles. The predicted octanol–water partition coefficient (Wildman–Crippen LogP) is 1.70. The fourth-order valence-corrected chi connectivity index (χ4v) is 1.41. The quantitative estimate of drug-likeness (QED) is 0.391. The van der Waals surface area contributed by atoms with Gasteiger partial charge in [0.25, 0.3) is 0 Å². The van der Waals surface area contributed by atoms with Crippen molar-refractivity contribution in [3.8, 4) is 0 Å². The van der Waals surface area contributed by atoms with Crippen molar-refractivity contribution in [2.45, 2.75) is 38.7 Å². The number of hydrogen-bond acceptors (Lipinski definition) is 3. The minimum Gasteiger partial charge on any atom is -0.394 e. The van der Waals surface area contributed by atoms with Gasteiger partial charge in [0.05, 0.1) is 12.7 Å². The number of rotatable bonds is 7. The van der Waals surface area contributed by atoms with Crippen LogP contribution in [0.4, 0.5) is 0 Å². The zero-order chi connectivity index (χ0) is 10.3. The Hall–Kier alpha value is 0.0969. The van der Waals surface area contributed by atoms with E-state index in [1.54, 1.807) is 0 Å². The first-order valence-electron chi connectivity index (χ1n) is 4.76. The summed E-state index contributed by atoms with van der Waals surface area (Å²) in [7, 11) is -0.973. The SMILES string of the molecule is C[C@@H](CO)OCOCC[Si](C)(C)C. The van der Waals surface area contributed by atoms with E-state index in [0.29, 0.717) is 6.79 Å². The lowest BCUT2D eigenvalue weighted by atomic mass is 10.4. The molecule has 0 saturated carbocycles. The van der Waals surface area contributed by atoms with E-state index in [9.17, 15) is 0 Å². The smallest absolute Gasteiger partial charge is 0.147 e. The average Bonchev–Trinajstić information content (AvgIpc) is 2.01. The minimum atomic E-state index is -0.973. The Kier molecular flexibility index (Phi) is 6.58. The molecule has 0 aliphatic rings. The number of aliphatic hydroxyl groups excluding tert-OH is 1. The molecule has 0 bridgehead atoms. The Morgan fingerprint density at radius 1 is 1.31 bits per heavy atom. The molecule has 3 nitrogen and oxygen atoms in total. The first-order chi connectivity index (χ1) is 5.95. The van der Waals surface area contributed by atoms with Gasteiger partial charge in [-0.25, -0.2) is 0 Å². The van der Waals surface area contributed by atoms with E-state index >= 15 is 0 Å². The molecule has 0 unspecified atom stereocenters. The van der Waals surface area contributed by atoms with E-state index < -0.39 is 8.07 Å². The van der Waals surface area contributed by atoms with E-state index in [4.69, 9.17) is 14.6 Å². The van der Waals surface area contributed by atoms with E-state index in [1.165, 1.54) is 0 Å². The molecule has 0 amide bonds. The van der Waals surface area contributed by atoms with Crippen molar-refractivity contribution in [3.05, 3.63) is 0 Å². The lowest BCUT2D eigenvalue weighted by Crippen LogP contribution is -2.22. The van der Waals surface area contributed by atoms with Crippen LogP contribution >= 0.6 is 0 Å². The summed E-state index contributed by atoms with van der Waals surface area (Å²) in [5, 5.41) is 8.65. The normalized spacial score (nSPS) is 14.5. The summed E-state index contributed by atoms with van der Waals surface area (Å²) in [6.07, 6.45) is -0.119. The molecule has 13 heavy (non-hydrogen) atoms. The van der Waals surface area contributed by atoms with Gasteiger partial charge in [-0.3, -0.25) is 0 Å². The molecular formula is C9H22O3Si. The Morgan fingerprint density at radius 3 is 2.38 bits per heavy atom. The summed E-state index contributed by atoms with van der Waals surface area (Å²) in [5.41, 5.74) is 0. The average molecular weight is 206 g/mol. The molecule has 0 aromatic heterocycles. The summed E-state index contributed by atoms with van der Waals surface area (Å²) in [6, 6.07) is 1.16. The van der Waals surface area contributed by atoms with Crippen LogP contribution in [0.15, 0.2) is 0 Å². The van der Waals surface area contributed by atoms with Crippen molar-refractivity contribution in [1.29, 1.82) is 0 Å². The molecule has 80 valence electrons. The fourth-order valence-electron chi connectivity index (χ4n) is 0.654. The summed E-state index contributed by atoms with van der Waals surface area (Å²) in [5.74, 6) is 0. The van der Waals surface area contributed by atoms with Gasteiger partial charge in [-0.15, -0.1) is 0 Å². The van der Waals surface area contributed by atoms with Crippen molar-refractivity contribution in [1.82, 2.24) is 0 Å². The van der Waals surface area contributed by atoms with Crippen molar-refractivity contribution >= 4 is 8.07 Å². The highest BCUT2D eigenvalue weighted by molar-refractivity contribution is 6.76. The summed E-state index contributed by atoms with van der Waals surface area (Å²) in [6.45, 7) is 9.88. The highest BCUT2D eigenvalue weighted by atomic mass is 28.3. The Balaban J connectivity index is 3.18. The monoisotopic (exact) mass is 206 g/mol. The van der Waals surface area contributed by atoms with Gasteiger partial charge < -0.3 is 14.6 Å². The van der Waals surface area contributed by atoms with Crippen LogP contribution in [0, 0.1) is 0 Å². The van der Waals surface area contributed by atoms with E-state index in [-0.39, 0.29) is 12.7 Å². The molecule has 1 atom stereocenters. The maximum absolute atomic E-state index is 8.65. The van der Waals surface area contributed by atoms with Gasteiger partial charge in [0, 0.05) is 14.7 Å². The molecule has 0 fully saturated rings. The number of aliphatic hydroxyl groups is 1. The van der Waals surface area contributed by atoms with Crippen LogP contribution in [-0.4, -0.2) is 39.3 Å². The van der Waals surface area contributed by atoms with Crippen molar-refractivity contribution in [2.75, 3.05) is 20.0 Å². The standard InChI is InChI=1S/C9H22O3Si/c1-9(7-10)12-8-11-5-6-13(2,3)4/h9-10H,5-8H2,1-4H3/t9-/m0/s1. The van der Waals surface area contributed by atoms with Crippen LogP contribution in [0.3, 0.4) is 0 Å². The van der Waals surface area contributed by atoms with Gasteiger partial charge in [-0.2, -0.15) is 0 Å². The van der Waals surface area contributed by atoms with Crippen LogP contribution < -0.4 is 0 Å². The molecule has 0 aromatic rings. The lowest BCUT2D eigenvalue weighted by molar-refractivity contribution is -0.0930. The summed E-state index contributed by atoms with van der Waals surface area (Å²) in [4.78, 5) is 0. The van der Waals surface area contributed by atoms with Gasteiger partial charge in [0.1, 0.15) is 6.79 Å². The van der Waals surface area contributed by atoms with Crippen LogP contribution in [0.1, 0.15) is 6.92 Å². The molecule has 0 radical (unpaired) electrons. The summed E-state index contributed by atoms with van der Waals surface area (Å²) < 4.78 is 10.4. The number of ether oxygens (including phenoxy) is 2. The first kappa shape index (κ1) is 13.1. The number of hydrogen-bond donors (Lipinski definition) is 1. The maximum Gasteiger partial charge on any atom is 0.147 e. The van der Waals surface area contributed by atoms with Gasteiger partial charge in [0.2, 0.25) is 0 Å². The molecular weight excluding hydrogens is 184 g/mol. The van der Waals surface area contributed by atoms with Gasteiger partial charge in [0.15, 0.2) is 0 Å². The zero-order valence-electron chi connectivity index (χ0n) is 9.17. The molecule has 0 rings (SSSR count).